The van der Waals surface area contributed by atoms with Crippen molar-refractivity contribution in [2.75, 3.05) is 0 Å². The van der Waals surface area contributed by atoms with Gasteiger partial charge in [0, 0.05) is 11.7 Å². The first-order valence-electron chi connectivity index (χ1n) is 8.50. The molecule has 0 aliphatic rings. The highest BCUT2D eigenvalue weighted by Gasteiger charge is 2.23. The molecule has 0 N–H and O–H groups in total. The van der Waals surface area contributed by atoms with E-state index in [2.05, 4.69) is 10.2 Å². The molecule has 0 saturated carbocycles. The Morgan fingerprint density at radius 3 is 2.11 bits per heavy atom. The number of hydrogen-bond donors (Lipinski definition) is 0. The quantitative estimate of drug-likeness (QED) is 0.281. The Labute approximate surface area is 168 Å². The molecule has 0 aliphatic heterocycles. The molecule has 0 unspecified atom stereocenters. The zero-order valence-corrected chi connectivity index (χ0v) is 15.8. The van der Waals surface area contributed by atoms with Crippen LogP contribution in [-0.2, 0) is 4.79 Å². The van der Waals surface area contributed by atoms with Crippen molar-refractivity contribution in [2.45, 2.75) is 6.92 Å². The number of carbonyl (C=O) groups is 1. The van der Waals surface area contributed by atoms with Crippen molar-refractivity contribution in [3.8, 4) is 28.5 Å². The molecule has 6 nitrogen and oxygen atoms in total. The highest BCUT2D eigenvalue weighted by Crippen LogP contribution is 2.19. The van der Waals surface area contributed by atoms with Crippen LogP contribution in [0.15, 0.2) is 84.9 Å². The van der Waals surface area contributed by atoms with Crippen LogP contribution < -0.4 is 21.9 Å². The highest BCUT2D eigenvalue weighted by atomic mass is 35.5. The standard InChI is InChI=1S/C21H17N4O2.ClH/c1-16(26)27-20-14-12-17(13-15-20)21-22-24(18-8-4-2-5-9-18)25(23-21)19-10-6-3-7-11-19;/h2-15H,1H3;1H/q+1;/p-1. The van der Waals surface area contributed by atoms with Gasteiger partial charge in [-0.2, -0.15) is 0 Å². The molecular formula is C21H17ClN4O2. The molecule has 1 heterocycles. The Bertz CT molecular complexity index is 1010. The monoisotopic (exact) mass is 392 g/mol. The lowest BCUT2D eigenvalue weighted by molar-refractivity contribution is -0.734. The van der Waals surface area contributed by atoms with Crippen molar-refractivity contribution in [3.05, 3.63) is 84.9 Å². The second-order valence-electron chi connectivity index (χ2n) is 5.89. The summed E-state index contributed by atoms with van der Waals surface area (Å²) in [6.45, 7) is 1.37. The number of halogens is 1. The summed E-state index contributed by atoms with van der Waals surface area (Å²) >= 11 is 0. The Hall–Kier alpha value is -3.51. The third-order valence-corrected chi connectivity index (χ3v) is 3.91. The van der Waals surface area contributed by atoms with Gasteiger partial charge in [0.15, 0.2) is 5.69 Å². The second-order valence-corrected chi connectivity index (χ2v) is 5.89. The predicted molar refractivity (Wildman–Crippen MR) is 99.6 cm³/mol. The average molecular weight is 393 g/mol. The molecule has 0 atom stereocenters. The number of benzene rings is 3. The van der Waals surface area contributed by atoms with Gasteiger partial charge in [0.1, 0.15) is 11.4 Å². The van der Waals surface area contributed by atoms with Gasteiger partial charge in [-0.1, -0.05) is 36.4 Å². The number of nitrogens with zero attached hydrogens (tertiary/aromatic N) is 4. The van der Waals surface area contributed by atoms with Crippen LogP contribution in [0.2, 0.25) is 0 Å². The fraction of sp³-hybridized carbons (Fsp3) is 0.0476. The van der Waals surface area contributed by atoms with Crippen molar-refractivity contribution in [1.29, 1.82) is 0 Å². The SMILES string of the molecule is CC(=O)Oc1ccc(-c2nn(-c3ccccc3)[n+](-c3ccccc3)n2)cc1.[Cl-]. The van der Waals surface area contributed by atoms with Gasteiger partial charge in [0.05, 0.1) is 10.7 Å². The minimum atomic E-state index is -0.351. The van der Waals surface area contributed by atoms with E-state index in [1.54, 1.807) is 21.7 Å². The van der Waals surface area contributed by atoms with E-state index in [4.69, 9.17) is 4.74 Å². The molecule has 0 spiro atoms. The van der Waals surface area contributed by atoms with Crippen molar-refractivity contribution in [2.24, 2.45) is 0 Å². The molecule has 0 amide bonds. The normalized spacial score (nSPS) is 10.2. The first-order chi connectivity index (χ1) is 13.2. The average Bonchev–Trinajstić information content (AvgIpc) is 3.15. The van der Waals surface area contributed by atoms with Gasteiger partial charge >= 0.3 is 11.8 Å². The third kappa shape index (κ3) is 4.07. The topological polar surface area (TPSA) is 60.9 Å². The predicted octanol–water partition coefficient (Wildman–Crippen LogP) is 0.140. The largest absolute Gasteiger partial charge is 1.00 e. The minimum Gasteiger partial charge on any atom is -1.00 e. The third-order valence-electron chi connectivity index (χ3n) is 3.91. The molecule has 0 radical (unpaired) electrons. The van der Waals surface area contributed by atoms with Gasteiger partial charge in [-0.25, -0.2) is 0 Å². The molecule has 3 aromatic carbocycles. The maximum absolute atomic E-state index is 11.1. The summed E-state index contributed by atoms with van der Waals surface area (Å²) in [6.07, 6.45) is 0. The maximum Gasteiger partial charge on any atom is 0.340 e. The lowest BCUT2D eigenvalue weighted by atomic mass is 10.2. The van der Waals surface area contributed by atoms with Gasteiger partial charge in [-0.15, -0.1) is 0 Å². The Balaban J connectivity index is 0.00000225. The number of hydrogen-bond acceptors (Lipinski definition) is 4. The van der Waals surface area contributed by atoms with Crippen LogP contribution in [0.5, 0.6) is 5.75 Å². The fourth-order valence-corrected chi connectivity index (χ4v) is 2.69. The summed E-state index contributed by atoms with van der Waals surface area (Å²) in [4.78, 5) is 14.6. The molecule has 0 bridgehead atoms. The summed E-state index contributed by atoms with van der Waals surface area (Å²) in [5.74, 6) is 0.706. The van der Waals surface area contributed by atoms with E-state index >= 15 is 0 Å². The van der Waals surface area contributed by atoms with Crippen molar-refractivity contribution in [1.82, 2.24) is 15.0 Å². The minimum absolute atomic E-state index is 0. The molecule has 0 fully saturated rings. The maximum atomic E-state index is 11.1. The summed E-state index contributed by atoms with van der Waals surface area (Å²) in [5.41, 5.74) is 2.62. The zero-order chi connectivity index (χ0) is 18.6. The summed E-state index contributed by atoms with van der Waals surface area (Å²) < 4.78 is 5.08. The number of carbonyl (C=O) groups excluding carboxylic acids is 1. The molecule has 1 aromatic heterocycles. The second kappa shape index (κ2) is 8.45. The summed E-state index contributed by atoms with van der Waals surface area (Å²) in [5, 5.41) is 9.36. The Morgan fingerprint density at radius 1 is 0.893 bits per heavy atom. The smallest absolute Gasteiger partial charge is 0.340 e. The molecule has 0 aliphatic carbocycles. The van der Waals surface area contributed by atoms with Crippen LogP contribution in [0.25, 0.3) is 22.8 Å². The summed E-state index contributed by atoms with van der Waals surface area (Å²) in [6, 6.07) is 26.8. The molecule has 4 rings (SSSR count). The molecule has 7 heteroatoms. The molecule has 28 heavy (non-hydrogen) atoms. The van der Waals surface area contributed by atoms with Crippen LogP contribution in [-0.4, -0.2) is 21.0 Å². The van der Waals surface area contributed by atoms with Gasteiger partial charge < -0.3 is 17.1 Å². The van der Waals surface area contributed by atoms with Crippen LogP contribution >= 0.6 is 0 Å². The number of aromatic nitrogens is 4. The summed E-state index contributed by atoms with van der Waals surface area (Å²) in [7, 11) is 0. The van der Waals surface area contributed by atoms with Crippen LogP contribution in [0.3, 0.4) is 0 Å². The van der Waals surface area contributed by atoms with Crippen LogP contribution in [0, 0.1) is 0 Å². The van der Waals surface area contributed by atoms with Gasteiger partial charge in [-0.3, -0.25) is 4.79 Å². The van der Waals surface area contributed by atoms with Gasteiger partial charge in [0.2, 0.25) is 0 Å². The van der Waals surface area contributed by atoms with E-state index in [0.29, 0.717) is 11.6 Å². The molecule has 4 aromatic rings. The van der Waals surface area contributed by atoms with Crippen LogP contribution in [0.1, 0.15) is 6.92 Å². The number of tetrazole rings is 1. The van der Waals surface area contributed by atoms with E-state index in [0.717, 1.165) is 16.9 Å². The van der Waals surface area contributed by atoms with Crippen molar-refractivity contribution >= 4 is 5.97 Å². The first kappa shape index (κ1) is 19.3. The first-order valence-corrected chi connectivity index (χ1v) is 8.50. The number of rotatable bonds is 4. The van der Waals surface area contributed by atoms with E-state index < -0.39 is 0 Å². The number of para-hydroxylation sites is 2. The zero-order valence-electron chi connectivity index (χ0n) is 15.1. The lowest BCUT2D eigenvalue weighted by Crippen LogP contribution is -3.00. The lowest BCUT2D eigenvalue weighted by Gasteiger charge is -1.99. The number of esters is 1. The Kier molecular flexibility index (Phi) is 5.81. The molecular weight excluding hydrogens is 376 g/mol. The van der Waals surface area contributed by atoms with Crippen molar-refractivity contribution < 1.29 is 26.7 Å². The van der Waals surface area contributed by atoms with Gasteiger partial charge in [0.25, 0.3) is 0 Å². The van der Waals surface area contributed by atoms with E-state index in [1.165, 1.54) is 6.92 Å². The van der Waals surface area contributed by atoms with Crippen molar-refractivity contribution in [3.63, 3.8) is 0 Å². The van der Waals surface area contributed by atoms with Crippen LogP contribution in [0.4, 0.5) is 0 Å². The number of ether oxygens (including phenoxy) is 1. The molecule has 140 valence electrons. The van der Waals surface area contributed by atoms with E-state index in [-0.39, 0.29) is 18.4 Å². The Morgan fingerprint density at radius 2 is 1.50 bits per heavy atom. The fourth-order valence-electron chi connectivity index (χ4n) is 2.69. The highest BCUT2D eigenvalue weighted by molar-refractivity contribution is 5.69. The van der Waals surface area contributed by atoms with E-state index in [9.17, 15) is 4.79 Å². The van der Waals surface area contributed by atoms with Gasteiger partial charge in [-0.05, 0) is 58.4 Å². The molecule has 0 saturated heterocycles. The van der Waals surface area contributed by atoms with E-state index in [1.807, 2.05) is 72.8 Å².